The summed E-state index contributed by atoms with van der Waals surface area (Å²) in [5.74, 6) is -5.49. The summed E-state index contributed by atoms with van der Waals surface area (Å²) in [5, 5.41) is 0. The Morgan fingerprint density at radius 2 is 1.62 bits per heavy atom. The molecule has 0 radical (unpaired) electrons. The summed E-state index contributed by atoms with van der Waals surface area (Å²) in [6.45, 7) is 4.24. The molecule has 0 bridgehead atoms. The second-order valence-electron chi connectivity index (χ2n) is 7.48. The van der Waals surface area contributed by atoms with E-state index in [0.29, 0.717) is 0 Å². The Morgan fingerprint density at radius 3 is 2.17 bits per heavy atom. The molecule has 0 N–H and O–H groups in total. The average Bonchev–Trinajstić information content (AvgIpc) is 3.25. The molecule has 0 amide bonds. The zero-order chi connectivity index (χ0) is 21.9. The van der Waals surface area contributed by atoms with E-state index in [1.165, 1.54) is 20.3 Å². The van der Waals surface area contributed by atoms with Gasteiger partial charge in [0.25, 0.3) is 0 Å². The first-order valence-corrected chi connectivity index (χ1v) is 9.20. The van der Waals surface area contributed by atoms with Crippen molar-refractivity contribution in [1.82, 2.24) is 0 Å². The number of hydrogen-bond donors (Lipinski definition) is 0. The topological polar surface area (TPSA) is 61.8 Å². The molecule has 1 fully saturated rings. The van der Waals surface area contributed by atoms with Gasteiger partial charge in [0, 0.05) is 18.7 Å². The van der Waals surface area contributed by atoms with Crippen LogP contribution in [0.1, 0.15) is 37.5 Å². The smallest absolute Gasteiger partial charge is 0.330 e. The zero-order valence-corrected chi connectivity index (χ0v) is 17.1. The summed E-state index contributed by atoms with van der Waals surface area (Å²) in [7, 11) is 2.49. The van der Waals surface area contributed by atoms with Gasteiger partial charge in [-0.15, -0.1) is 0 Å². The summed E-state index contributed by atoms with van der Waals surface area (Å²) in [6.07, 6.45) is 2.88. The Kier molecular flexibility index (Phi) is 7.11. The van der Waals surface area contributed by atoms with E-state index < -0.39 is 59.5 Å². The Labute approximate surface area is 167 Å². The van der Waals surface area contributed by atoms with E-state index in [1.807, 2.05) is 13.8 Å². The van der Waals surface area contributed by atoms with Crippen LogP contribution in [0, 0.1) is 34.7 Å². The van der Waals surface area contributed by atoms with E-state index in [4.69, 9.17) is 9.47 Å². The monoisotopic (exact) mass is 414 g/mol. The predicted octanol–water partition coefficient (Wildman–Crippen LogP) is 3.86. The van der Waals surface area contributed by atoms with Gasteiger partial charge in [-0.3, -0.25) is 4.79 Å². The molecule has 1 aliphatic rings. The number of ether oxygens (including phenoxy) is 3. The minimum Gasteiger partial charge on any atom is -0.466 e. The van der Waals surface area contributed by atoms with Gasteiger partial charge < -0.3 is 14.2 Å². The normalized spacial score (nSPS) is 20.0. The standard InChI is InChI=1S/C21H25F3O5/c1-6-11-12(18(23)19(24)13(9-27-4)17(11)22)10-29-20(26)16-14(21(16,2)3)7-8-15(25)28-5/h7-8,14,16H,6,9-10H2,1-5H3/b8-7-/t14-,16-/m0/s1. The van der Waals surface area contributed by atoms with Crippen molar-refractivity contribution < 1.29 is 37.0 Å². The van der Waals surface area contributed by atoms with Crippen LogP contribution in [0.25, 0.3) is 0 Å². The van der Waals surface area contributed by atoms with Gasteiger partial charge in [-0.05, 0) is 23.3 Å². The van der Waals surface area contributed by atoms with Crippen molar-refractivity contribution in [3.63, 3.8) is 0 Å². The molecule has 2 rings (SSSR count). The van der Waals surface area contributed by atoms with Gasteiger partial charge in [-0.2, -0.15) is 0 Å². The first-order valence-electron chi connectivity index (χ1n) is 9.20. The van der Waals surface area contributed by atoms with Crippen LogP contribution in [-0.2, 0) is 43.4 Å². The molecule has 1 aliphatic carbocycles. The first-order chi connectivity index (χ1) is 13.6. The van der Waals surface area contributed by atoms with Crippen molar-refractivity contribution in [2.45, 2.75) is 40.4 Å². The maximum Gasteiger partial charge on any atom is 0.330 e. The van der Waals surface area contributed by atoms with Gasteiger partial charge in [0.1, 0.15) is 12.4 Å². The number of halogens is 3. The summed E-state index contributed by atoms with van der Waals surface area (Å²) >= 11 is 0. The number of hydrogen-bond acceptors (Lipinski definition) is 5. The lowest BCUT2D eigenvalue weighted by Gasteiger charge is -2.15. The lowest BCUT2D eigenvalue weighted by Crippen LogP contribution is -2.15. The highest BCUT2D eigenvalue weighted by Gasteiger charge is 2.61. The fourth-order valence-corrected chi connectivity index (χ4v) is 3.57. The third-order valence-electron chi connectivity index (χ3n) is 5.42. The number of allylic oxidation sites excluding steroid dienone is 1. The third-order valence-corrected chi connectivity index (χ3v) is 5.42. The molecule has 160 valence electrons. The van der Waals surface area contributed by atoms with E-state index >= 15 is 0 Å². The molecule has 0 aromatic heterocycles. The molecule has 0 saturated heterocycles. The van der Waals surface area contributed by atoms with E-state index in [1.54, 1.807) is 13.0 Å². The molecular formula is C21H25F3O5. The van der Waals surface area contributed by atoms with Gasteiger partial charge in [0.15, 0.2) is 11.6 Å². The first kappa shape index (κ1) is 22.9. The molecule has 29 heavy (non-hydrogen) atoms. The largest absolute Gasteiger partial charge is 0.466 e. The van der Waals surface area contributed by atoms with E-state index in [2.05, 4.69) is 4.74 Å². The van der Waals surface area contributed by atoms with Crippen molar-refractivity contribution in [3.8, 4) is 0 Å². The summed E-state index contributed by atoms with van der Waals surface area (Å²) in [5.41, 5.74) is -1.34. The number of carbonyl (C=O) groups is 2. The molecule has 1 aromatic carbocycles. The maximum absolute atomic E-state index is 14.6. The molecule has 0 spiro atoms. The number of rotatable bonds is 8. The number of carbonyl (C=O) groups excluding carboxylic acids is 2. The SMILES string of the molecule is CCc1c(F)c(COC)c(F)c(F)c1COC(=O)[C@@H]1[C@H](/C=C\C(=O)OC)C1(C)C. The molecule has 0 aliphatic heterocycles. The number of esters is 2. The van der Waals surface area contributed by atoms with Crippen LogP contribution >= 0.6 is 0 Å². The Hall–Kier alpha value is -2.35. The lowest BCUT2D eigenvalue weighted by molar-refractivity contribution is -0.147. The Balaban J connectivity index is 2.19. The Morgan fingerprint density at radius 1 is 1.00 bits per heavy atom. The Bertz CT molecular complexity index is 832. The molecule has 0 heterocycles. The van der Waals surface area contributed by atoms with Crippen molar-refractivity contribution in [2.24, 2.45) is 17.3 Å². The highest BCUT2D eigenvalue weighted by atomic mass is 19.2. The lowest BCUT2D eigenvalue weighted by atomic mass is 10.00. The van der Waals surface area contributed by atoms with Crippen LogP contribution in [0.2, 0.25) is 0 Å². The van der Waals surface area contributed by atoms with Crippen molar-refractivity contribution in [2.75, 3.05) is 14.2 Å². The van der Waals surface area contributed by atoms with Gasteiger partial charge >= 0.3 is 11.9 Å². The second-order valence-corrected chi connectivity index (χ2v) is 7.48. The average molecular weight is 414 g/mol. The summed E-state index contributed by atoms with van der Waals surface area (Å²) in [4.78, 5) is 23.7. The highest BCUT2D eigenvalue weighted by molar-refractivity contribution is 5.83. The van der Waals surface area contributed by atoms with Crippen LogP contribution in [0.15, 0.2) is 12.2 Å². The van der Waals surface area contributed by atoms with Gasteiger partial charge in [0.2, 0.25) is 0 Å². The molecule has 8 heteroatoms. The predicted molar refractivity (Wildman–Crippen MR) is 98.1 cm³/mol. The summed E-state index contributed by atoms with van der Waals surface area (Å²) in [6, 6.07) is 0. The molecule has 1 saturated carbocycles. The number of methoxy groups -OCH3 is 2. The third kappa shape index (κ3) is 4.47. The van der Waals surface area contributed by atoms with E-state index in [0.717, 1.165) is 0 Å². The van der Waals surface area contributed by atoms with Crippen LogP contribution in [-0.4, -0.2) is 26.2 Å². The minimum absolute atomic E-state index is 0.0547. The van der Waals surface area contributed by atoms with Crippen molar-refractivity contribution in [3.05, 3.63) is 46.3 Å². The molecule has 5 nitrogen and oxygen atoms in total. The van der Waals surface area contributed by atoms with Crippen LogP contribution in [0.4, 0.5) is 13.2 Å². The quantitative estimate of drug-likeness (QED) is 0.367. The van der Waals surface area contributed by atoms with Gasteiger partial charge in [-0.25, -0.2) is 18.0 Å². The van der Waals surface area contributed by atoms with Gasteiger partial charge in [-0.1, -0.05) is 26.8 Å². The van der Waals surface area contributed by atoms with E-state index in [-0.39, 0.29) is 23.5 Å². The van der Waals surface area contributed by atoms with Crippen molar-refractivity contribution >= 4 is 11.9 Å². The minimum atomic E-state index is -1.35. The van der Waals surface area contributed by atoms with E-state index in [9.17, 15) is 22.8 Å². The fraction of sp³-hybridized carbons (Fsp3) is 0.524. The van der Waals surface area contributed by atoms with Crippen LogP contribution in [0.3, 0.4) is 0 Å². The van der Waals surface area contributed by atoms with Crippen LogP contribution in [0.5, 0.6) is 0 Å². The molecule has 1 aromatic rings. The zero-order valence-electron chi connectivity index (χ0n) is 17.1. The maximum atomic E-state index is 14.6. The van der Waals surface area contributed by atoms with Crippen LogP contribution < -0.4 is 0 Å². The summed E-state index contributed by atoms with van der Waals surface area (Å²) < 4.78 is 57.8. The van der Waals surface area contributed by atoms with Gasteiger partial charge in [0.05, 0.1) is 25.2 Å². The number of benzene rings is 1. The van der Waals surface area contributed by atoms with Crippen molar-refractivity contribution in [1.29, 1.82) is 0 Å². The second kappa shape index (κ2) is 8.98. The fourth-order valence-electron chi connectivity index (χ4n) is 3.57. The molecular weight excluding hydrogens is 389 g/mol. The highest BCUT2D eigenvalue weighted by Crippen LogP contribution is 2.59. The molecule has 2 atom stereocenters. The molecule has 0 unspecified atom stereocenters.